The van der Waals surface area contributed by atoms with Crippen LogP contribution in [-0.2, 0) is 17.6 Å². The maximum Gasteiger partial charge on any atom is 0.273 e. The lowest BCUT2D eigenvalue weighted by atomic mass is 10.1. The molecule has 0 aliphatic carbocycles. The Morgan fingerprint density at radius 3 is 2.31 bits per heavy atom. The predicted molar refractivity (Wildman–Crippen MR) is 101 cm³/mol. The number of piperazine rings is 1. The number of amides is 1. The van der Waals surface area contributed by atoms with Gasteiger partial charge < -0.3 is 9.80 Å². The molecule has 136 valence electrons. The largest absolute Gasteiger partial charge is 0.368 e. The number of carbonyl (C=O) groups excluding carboxylic acids is 1. The van der Waals surface area contributed by atoms with Gasteiger partial charge in [-0.05, 0) is 24.1 Å². The number of rotatable bonds is 5. The molecule has 1 heterocycles. The third-order valence-electron chi connectivity index (χ3n) is 4.87. The van der Waals surface area contributed by atoms with Crippen LogP contribution < -0.4 is 4.90 Å². The number of anilines is 1. The van der Waals surface area contributed by atoms with E-state index in [9.17, 15) is 14.9 Å². The molecule has 0 bridgehead atoms. The van der Waals surface area contributed by atoms with Crippen LogP contribution in [0.3, 0.4) is 0 Å². The Hall–Kier alpha value is -2.89. The molecule has 2 aromatic carbocycles. The van der Waals surface area contributed by atoms with Crippen molar-refractivity contribution in [3.8, 4) is 0 Å². The normalized spacial score (nSPS) is 14.3. The van der Waals surface area contributed by atoms with Crippen LogP contribution in [0.5, 0.6) is 0 Å². The predicted octanol–water partition coefficient (Wildman–Crippen LogP) is 3.05. The van der Waals surface area contributed by atoms with E-state index in [1.165, 1.54) is 17.3 Å². The fraction of sp³-hybridized carbons (Fsp3) is 0.350. The molecule has 1 aliphatic rings. The number of nitro benzene ring substituents is 1. The van der Waals surface area contributed by atoms with Crippen LogP contribution in [0.1, 0.15) is 18.1 Å². The average Bonchev–Trinajstić information content (AvgIpc) is 2.68. The number of para-hydroxylation sites is 1. The first-order chi connectivity index (χ1) is 12.6. The molecule has 0 N–H and O–H groups in total. The summed E-state index contributed by atoms with van der Waals surface area (Å²) in [5.41, 5.74) is 2.97. The van der Waals surface area contributed by atoms with Crippen LogP contribution >= 0.6 is 0 Å². The van der Waals surface area contributed by atoms with E-state index in [1.54, 1.807) is 23.1 Å². The molecule has 1 aliphatic heterocycles. The number of nitrogens with zero attached hydrogens (tertiary/aromatic N) is 3. The molecule has 0 aromatic heterocycles. The van der Waals surface area contributed by atoms with Crippen LogP contribution in [0.15, 0.2) is 48.5 Å². The molecule has 1 amide bonds. The van der Waals surface area contributed by atoms with Crippen molar-refractivity contribution in [2.75, 3.05) is 31.1 Å². The van der Waals surface area contributed by atoms with Gasteiger partial charge in [0.15, 0.2) is 0 Å². The van der Waals surface area contributed by atoms with Gasteiger partial charge in [0.2, 0.25) is 5.91 Å². The zero-order valence-corrected chi connectivity index (χ0v) is 14.9. The summed E-state index contributed by atoms with van der Waals surface area (Å²) in [4.78, 5) is 27.3. The van der Waals surface area contributed by atoms with Crippen molar-refractivity contribution >= 4 is 17.3 Å². The summed E-state index contributed by atoms with van der Waals surface area (Å²) >= 11 is 0. The molecular weight excluding hydrogens is 330 g/mol. The molecule has 3 rings (SSSR count). The number of aryl methyl sites for hydroxylation is 1. The summed E-state index contributed by atoms with van der Waals surface area (Å²) in [7, 11) is 0. The average molecular weight is 353 g/mol. The summed E-state index contributed by atoms with van der Waals surface area (Å²) in [6.07, 6.45) is 1.09. The van der Waals surface area contributed by atoms with E-state index in [0.29, 0.717) is 18.7 Å². The molecule has 0 spiro atoms. The second kappa shape index (κ2) is 7.99. The van der Waals surface area contributed by atoms with Gasteiger partial charge in [-0.2, -0.15) is 0 Å². The Kier molecular flexibility index (Phi) is 5.51. The molecule has 0 atom stereocenters. The highest BCUT2D eigenvalue weighted by atomic mass is 16.6. The topological polar surface area (TPSA) is 66.7 Å². The number of benzene rings is 2. The van der Waals surface area contributed by atoms with E-state index in [0.717, 1.165) is 19.5 Å². The van der Waals surface area contributed by atoms with Gasteiger partial charge in [0, 0.05) is 43.5 Å². The lowest BCUT2D eigenvalue weighted by molar-refractivity contribution is -0.385. The third-order valence-corrected chi connectivity index (χ3v) is 4.87. The Labute approximate surface area is 153 Å². The van der Waals surface area contributed by atoms with E-state index in [4.69, 9.17) is 0 Å². The van der Waals surface area contributed by atoms with Crippen molar-refractivity contribution < 1.29 is 9.72 Å². The standard InChI is InChI=1S/C20H23N3O3/c1-2-16-7-9-18(10-8-16)21-11-13-22(14-12-21)20(24)15-17-5-3-4-6-19(17)23(25)26/h3-10H,2,11-15H2,1H3. The molecule has 6 heteroatoms. The first-order valence-electron chi connectivity index (χ1n) is 8.92. The van der Waals surface area contributed by atoms with Gasteiger partial charge in [-0.1, -0.05) is 37.3 Å². The van der Waals surface area contributed by atoms with Gasteiger partial charge in [0.25, 0.3) is 5.69 Å². The van der Waals surface area contributed by atoms with Crippen molar-refractivity contribution in [3.63, 3.8) is 0 Å². The molecule has 6 nitrogen and oxygen atoms in total. The van der Waals surface area contributed by atoms with E-state index < -0.39 is 4.92 Å². The van der Waals surface area contributed by atoms with Crippen LogP contribution in [0, 0.1) is 10.1 Å². The minimum Gasteiger partial charge on any atom is -0.368 e. The van der Waals surface area contributed by atoms with Gasteiger partial charge >= 0.3 is 0 Å². The number of hydrogen-bond donors (Lipinski definition) is 0. The summed E-state index contributed by atoms with van der Waals surface area (Å²) < 4.78 is 0. The Morgan fingerprint density at radius 1 is 1.04 bits per heavy atom. The van der Waals surface area contributed by atoms with Gasteiger partial charge in [-0.15, -0.1) is 0 Å². The highest BCUT2D eigenvalue weighted by Gasteiger charge is 2.23. The molecule has 26 heavy (non-hydrogen) atoms. The highest BCUT2D eigenvalue weighted by Crippen LogP contribution is 2.21. The van der Waals surface area contributed by atoms with Crippen LogP contribution in [0.25, 0.3) is 0 Å². The Morgan fingerprint density at radius 2 is 1.69 bits per heavy atom. The second-order valence-electron chi connectivity index (χ2n) is 6.45. The van der Waals surface area contributed by atoms with Crippen molar-refractivity contribution in [2.45, 2.75) is 19.8 Å². The fourth-order valence-corrected chi connectivity index (χ4v) is 3.27. The number of carbonyl (C=O) groups is 1. The fourth-order valence-electron chi connectivity index (χ4n) is 3.27. The summed E-state index contributed by atoms with van der Waals surface area (Å²) in [6.45, 7) is 4.95. The van der Waals surface area contributed by atoms with Crippen molar-refractivity contribution in [1.29, 1.82) is 0 Å². The Bertz CT molecular complexity index is 781. The Balaban J connectivity index is 1.59. The summed E-state index contributed by atoms with van der Waals surface area (Å²) in [5, 5.41) is 11.1. The van der Waals surface area contributed by atoms with E-state index in [1.807, 2.05) is 0 Å². The van der Waals surface area contributed by atoms with E-state index in [2.05, 4.69) is 36.1 Å². The summed E-state index contributed by atoms with van der Waals surface area (Å²) in [5.74, 6) is -0.0553. The highest BCUT2D eigenvalue weighted by molar-refractivity contribution is 5.80. The first-order valence-corrected chi connectivity index (χ1v) is 8.92. The number of nitro groups is 1. The second-order valence-corrected chi connectivity index (χ2v) is 6.45. The molecule has 0 radical (unpaired) electrons. The number of hydrogen-bond acceptors (Lipinski definition) is 4. The maximum atomic E-state index is 12.6. The van der Waals surface area contributed by atoms with Gasteiger partial charge in [0.05, 0.1) is 11.3 Å². The zero-order chi connectivity index (χ0) is 18.5. The monoisotopic (exact) mass is 353 g/mol. The quantitative estimate of drug-likeness (QED) is 0.612. The minimum atomic E-state index is -0.430. The van der Waals surface area contributed by atoms with Crippen molar-refractivity contribution in [1.82, 2.24) is 4.90 Å². The SMILES string of the molecule is CCc1ccc(N2CCN(C(=O)Cc3ccccc3[N+](=O)[O-])CC2)cc1. The van der Waals surface area contributed by atoms with E-state index in [-0.39, 0.29) is 18.0 Å². The molecule has 0 unspecified atom stereocenters. The van der Waals surface area contributed by atoms with Crippen LogP contribution in [0.2, 0.25) is 0 Å². The van der Waals surface area contributed by atoms with Gasteiger partial charge in [0.1, 0.15) is 0 Å². The molecule has 1 fully saturated rings. The maximum absolute atomic E-state index is 12.6. The smallest absolute Gasteiger partial charge is 0.273 e. The van der Waals surface area contributed by atoms with Crippen LogP contribution in [0.4, 0.5) is 11.4 Å². The lowest BCUT2D eigenvalue weighted by Gasteiger charge is -2.36. The van der Waals surface area contributed by atoms with Crippen LogP contribution in [-0.4, -0.2) is 41.9 Å². The molecule has 1 saturated heterocycles. The van der Waals surface area contributed by atoms with Gasteiger partial charge in [-0.3, -0.25) is 14.9 Å². The van der Waals surface area contributed by atoms with Gasteiger partial charge in [-0.25, -0.2) is 0 Å². The molecule has 2 aromatic rings. The lowest BCUT2D eigenvalue weighted by Crippen LogP contribution is -2.49. The molecule has 0 saturated carbocycles. The minimum absolute atomic E-state index is 0.00972. The van der Waals surface area contributed by atoms with Crippen molar-refractivity contribution in [3.05, 3.63) is 69.8 Å². The first kappa shape index (κ1) is 17.9. The molecular formula is C20H23N3O3. The van der Waals surface area contributed by atoms with Crippen molar-refractivity contribution in [2.24, 2.45) is 0 Å². The summed E-state index contributed by atoms with van der Waals surface area (Å²) in [6, 6.07) is 15.0. The van der Waals surface area contributed by atoms with E-state index >= 15 is 0 Å². The zero-order valence-electron chi connectivity index (χ0n) is 14.9. The third kappa shape index (κ3) is 4.02.